The van der Waals surface area contributed by atoms with Gasteiger partial charge < -0.3 is 4.52 Å². The molecule has 0 aliphatic rings. The molecule has 0 amide bonds. The first kappa shape index (κ1) is 15.8. The number of fused-ring (bicyclic) bond motifs is 1. The molecule has 0 N–H and O–H groups in total. The minimum absolute atomic E-state index is 0.0812. The number of imidazole rings is 1. The number of nitrogens with zero attached hydrogens (tertiary/aromatic N) is 4. The van der Waals surface area contributed by atoms with Crippen molar-refractivity contribution in [3.8, 4) is 11.4 Å². The second-order valence-electron chi connectivity index (χ2n) is 5.72. The van der Waals surface area contributed by atoms with Crippen LogP contribution in [0.3, 0.4) is 0 Å². The summed E-state index contributed by atoms with van der Waals surface area (Å²) in [5.74, 6) is 0.582. The lowest BCUT2D eigenvalue weighted by Gasteiger charge is -2.05. The fourth-order valence-electron chi connectivity index (χ4n) is 2.46. The average Bonchev–Trinajstić information content (AvgIpc) is 3.25. The molecular weight excluding hydrogens is 339 g/mol. The molecule has 0 fully saturated rings. The zero-order chi connectivity index (χ0) is 17.4. The second-order valence-corrected chi connectivity index (χ2v) is 7.02. The second kappa shape index (κ2) is 6.33. The zero-order valence-electron chi connectivity index (χ0n) is 13.7. The van der Waals surface area contributed by atoms with Gasteiger partial charge in [-0.25, -0.2) is 9.37 Å². The first-order valence-electron chi connectivity index (χ1n) is 7.80. The van der Waals surface area contributed by atoms with Crippen molar-refractivity contribution in [3.05, 3.63) is 66.1 Å². The number of halogens is 1. The summed E-state index contributed by atoms with van der Waals surface area (Å²) in [5, 5.41) is 4.75. The highest BCUT2D eigenvalue weighted by Gasteiger charge is 2.19. The van der Waals surface area contributed by atoms with Crippen LogP contribution in [-0.2, 0) is 0 Å². The first-order valence-corrected chi connectivity index (χ1v) is 8.68. The van der Waals surface area contributed by atoms with Crippen LogP contribution in [-0.4, -0.2) is 19.5 Å². The SMILES string of the molecule is Cc1ccc(-c2noc(C(C)Sc3ncc4ccccn34)n2)cc1F. The van der Waals surface area contributed by atoms with Gasteiger partial charge in [-0.05, 0) is 37.6 Å². The van der Waals surface area contributed by atoms with Gasteiger partial charge >= 0.3 is 0 Å². The van der Waals surface area contributed by atoms with Gasteiger partial charge in [0.2, 0.25) is 11.7 Å². The summed E-state index contributed by atoms with van der Waals surface area (Å²) in [6, 6.07) is 10.8. The van der Waals surface area contributed by atoms with Gasteiger partial charge in [0.25, 0.3) is 0 Å². The Bertz CT molecular complexity index is 1040. The van der Waals surface area contributed by atoms with Crippen LogP contribution in [0.1, 0.15) is 23.6 Å². The summed E-state index contributed by atoms with van der Waals surface area (Å²) >= 11 is 1.53. The van der Waals surface area contributed by atoms with E-state index in [-0.39, 0.29) is 11.1 Å². The van der Waals surface area contributed by atoms with Crippen molar-refractivity contribution in [2.45, 2.75) is 24.3 Å². The molecule has 1 unspecified atom stereocenters. The molecule has 1 atom stereocenters. The predicted molar refractivity (Wildman–Crippen MR) is 93.9 cm³/mol. The van der Waals surface area contributed by atoms with Crippen LogP contribution in [0.2, 0.25) is 0 Å². The average molecular weight is 354 g/mol. The van der Waals surface area contributed by atoms with Gasteiger partial charge in [-0.1, -0.05) is 35.1 Å². The van der Waals surface area contributed by atoms with Crippen LogP contribution in [0, 0.1) is 12.7 Å². The number of benzene rings is 1. The highest BCUT2D eigenvalue weighted by molar-refractivity contribution is 7.99. The van der Waals surface area contributed by atoms with E-state index in [0.29, 0.717) is 22.8 Å². The van der Waals surface area contributed by atoms with Crippen molar-refractivity contribution in [1.82, 2.24) is 19.5 Å². The van der Waals surface area contributed by atoms with Gasteiger partial charge in [-0.15, -0.1) is 0 Å². The Morgan fingerprint density at radius 2 is 2.12 bits per heavy atom. The molecule has 25 heavy (non-hydrogen) atoms. The van der Waals surface area contributed by atoms with Crippen molar-refractivity contribution >= 4 is 17.3 Å². The summed E-state index contributed by atoms with van der Waals surface area (Å²) in [6.07, 6.45) is 3.79. The van der Waals surface area contributed by atoms with Gasteiger partial charge in [-0.2, -0.15) is 4.98 Å². The van der Waals surface area contributed by atoms with E-state index in [9.17, 15) is 4.39 Å². The summed E-state index contributed by atoms with van der Waals surface area (Å²) in [6.45, 7) is 3.69. The summed E-state index contributed by atoms with van der Waals surface area (Å²) in [7, 11) is 0. The lowest BCUT2D eigenvalue weighted by molar-refractivity contribution is 0.380. The van der Waals surface area contributed by atoms with Gasteiger partial charge in [0, 0.05) is 11.8 Å². The smallest absolute Gasteiger partial charge is 0.240 e. The molecule has 0 aliphatic heterocycles. The molecule has 0 aliphatic carbocycles. The standard InChI is InChI=1S/C18H15FN4OS/c1-11-6-7-13(9-15(11)19)16-21-17(24-22-16)12(2)25-18-20-10-14-5-3-4-8-23(14)18/h3-10,12H,1-2H3. The monoisotopic (exact) mass is 354 g/mol. The molecule has 4 rings (SSSR count). The van der Waals surface area contributed by atoms with Crippen molar-refractivity contribution in [3.63, 3.8) is 0 Å². The number of hydrogen-bond acceptors (Lipinski definition) is 5. The van der Waals surface area contributed by atoms with E-state index in [0.717, 1.165) is 10.7 Å². The lowest BCUT2D eigenvalue weighted by Crippen LogP contribution is -1.93. The largest absolute Gasteiger partial charge is 0.338 e. The van der Waals surface area contributed by atoms with E-state index in [1.165, 1.54) is 17.8 Å². The van der Waals surface area contributed by atoms with E-state index in [2.05, 4.69) is 15.1 Å². The third kappa shape index (κ3) is 3.02. The Balaban J connectivity index is 1.58. The normalized spacial score (nSPS) is 12.6. The van der Waals surface area contributed by atoms with Crippen LogP contribution in [0.25, 0.3) is 16.9 Å². The third-order valence-corrected chi connectivity index (χ3v) is 4.97. The molecule has 7 heteroatoms. The number of hydrogen-bond donors (Lipinski definition) is 0. The Morgan fingerprint density at radius 3 is 2.96 bits per heavy atom. The highest BCUT2D eigenvalue weighted by Crippen LogP contribution is 2.34. The Labute approximate surface area is 147 Å². The molecule has 1 aromatic carbocycles. The van der Waals surface area contributed by atoms with E-state index < -0.39 is 0 Å². The lowest BCUT2D eigenvalue weighted by atomic mass is 10.1. The third-order valence-electron chi connectivity index (χ3n) is 3.91. The maximum atomic E-state index is 13.7. The van der Waals surface area contributed by atoms with Gasteiger partial charge in [0.15, 0.2) is 5.16 Å². The predicted octanol–water partition coefficient (Wildman–Crippen LogP) is 4.69. The Morgan fingerprint density at radius 1 is 1.24 bits per heavy atom. The molecule has 3 aromatic heterocycles. The maximum Gasteiger partial charge on any atom is 0.240 e. The van der Waals surface area contributed by atoms with Crippen molar-refractivity contribution < 1.29 is 8.91 Å². The topological polar surface area (TPSA) is 56.2 Å². The van der Waals surface area contributed by atoms with Crippen molar-refractivity contribution in [2.24, 2.45) is 0 Å². The van der Waals surface area contributed by atoms with Crippen LogP contribution >= 0.6 is 11.8 Å². The first-order chi connectivity index (χ1) is 12.1. The Kier molecular flexibility index (Phi) is 4.01. The fraction of sp³-hybridized carbons (Fsp3) is 0.167. The molecule has 0 saturated heterocycles. The van der Waals surface area contributed by atoms with Crippen molar-refractivity contribution in [1.29, 1.82) is 0 Å². The molecule has 5 nitrogen and oxygen atoms in total. The molecule has 0 radical (unpaired) electrons. The van der Waals surface area contributed by atoms with Crippen LogP contribution in [0.15, 0.2) is 58.5 Å². The fourth-order valence-corrected chi connectivity index (χ4v) is 3.37. The maximum absolute atomic E-state index is 13.7. The number of rotatable bonds is 4. The summed E-state index contributed by atoms with van der Waals surface area (Å²) in [4.78, 5) is 8.84. The molecule has 4 aromatic rings. The highest BCUT2D eigenvalue weighted by atomic mass is 32.2. The van der Waals surface area contributed by atoms with Gasteiger partial charge in [0.05, 0.1) is 17.0 Å². The minimum Gasteiger partial charge on any atom is -0.338 e. The molecular formula is C18H15FN4OS. The van der Waals surface area contributed by atoms with E-state index >= 15 is 0 Å². The quantitative estimate of drug-likeness (QED) is 0.498. The molecule has 0 saturated carbocycles. The van der Waals surface area contributed by atoms with Gasteiger partial charge in [0.1, 0.15) is 5.82 Å². The zero-order valence-corrected chi connectivity index (χ0v) is 14.5. The Hall–Kier alpha value is -2.67. The summed E-state index contributed by atoms with van der Waals surface area (Å²) < 4.78 is 21.1. The van der Waals surface area contributed by atoms with Crippen LogP contribution in [0.5, 0.6) is 0 Å². The van der Waals surface area contributed by atoms with E-state index in [1.807, 2.05) is 41.9 Å². The number of thioether (sulfide) groups is 1. The molecule has 126 valence electrons. The van der Waals surface area contributed by atoms with Crippen LogP contribution < -0.4 is 0 Å². The molecule has 0 spiro atoms. The molecule has 0 bridgehead atoms. The number of aryl methyl sites for hydroxylation is 1. The van der Waals surface area contributed by atoms with E-state index in [1.54, 1.807) is 19.1 Å². The minimum atomic E-state index is -0.282. The van der Waals surface area contributed by atoms with Crippen LogP contribution in [0.4, 0.5) is 4.39 Å². The van der Waals surface area contributed by atoms with Gasteiger partial charge in [-0.3, -0.25) is 4.40 Å². The van der Waals surface area contributed by atoms with Crippen molar-refractivity contribution in [2.75, 3.05) is 0 Å². The number of aromatic nitrogens is 4. The van der Waals surface area contributed by atoms with E-state index in [4.69, 9.17) is 4.52 Å². The summed E-state index contributed by atoms with van der Waals surface area (Å²) in [5.41, 5.74) is 2.21. The number of pyridine rings is 1. The molecule has 3 heterocycles.